The van der Waals surface area contributed by atoms with Crippen LogP contribution in [0.1, 0.15) is 36.0 Å². The molecule has 2 saturated heterocycles. The first-order valence-corrected chi connectivity index (χ1v) is 7.84. The van der Waals surface area contributed by atoms with E-state index in [2.05, 4.69) is 15.9 Å². The van der Waals surface area contributed by atoms with Gasteiger partial charge in [-0.2, -0.15) is 0 Å². The predicted molar refractivity (Wildman–Crippen MR) is 77.1 cm³/mol. The molecule has 5 heteroatoms. The van der Waals surface area contributed by atoms with Crippen molar-refractivity contribution in [2.75, 3.05) is 13.2 Å². The zero-order valence-corrected chi connectivity index (χ0v) is 12.7. The molecular weight excluding hydrogens is 325 g/mol. The molecule has 3 rings (SSSR count). The van der Waals surface area contributed by atoms with Crippen LogP contribution in [0.3, 0.4) is 0 Å². The number of amides is 1. The SMILES string of the molecule is O=C(c1ccc(Br)c(F)c1)N1CCC[C@@H]1[C@@H]1CCCO1. The molecular formula is C15H17BrFNO2. The molecule has 2 atom stereocenters. The number of nitrogens with zero attached hydrogens (tertiary/aromatic N) is 1. The number of ether oxygens (including phenoxy) is 1. The molecule has 1 aromatic carbocycles. The number of halogens is 2. The van der Waals surface area contributed by atoms with Crippen LogP contribution in [0.4, 0.5) is 4.39 Å². The van der Waals surface area contributed by atoms with E-state index in [0.29, 0.717) is 10.0 Å². The van der Waals surface area contributed by atoms with Crippen molar-refractivity contribution < 1.29 is 13.9 Å². The molecule has 2 heterocycles. The zero-order valence-electron chi connectivity index (χ0n) is 11.1. The summed E-state index contributed by atoms with van der Waals surface area (Å²) in [5, 5.41) is 0. The molecule has 2 aliphatic rings. The van der Waals surface area contributed by atoms with E-state index in [1.807, 2.05) is 4.90 Å². The fourth-order valence-electron chi connectivity index (χ4n) is 3.13. The Hall–Kier alpha value is -0.940. The lowest BCUT2D eigenvalue weighted by molar-refractivity contribution is 0.0340. The third-order valence-corrected chi connectivity index (χ3v) is 4.76. The monoisotopic (exact) mass is 341 g/mol. The summed E-state index contributed by atoms with van der Waals surface area (Å²) in [6.45, 7) is 1.52. The lowest BCUT2D eigenvalue weighted by Gasteiger charge is -2.29. The highest BCUT2D eigenvalue weighted by molar-refractivity contribution is 9.10. The summed E-state index contributed by atoms with van der Waals surface area (Å²) >= 11 is 3.11. The normalized spacial score (nSPS) is 26.2. The highest BCUT2D eigenvalue weighted by Gasteiger charge is 2.37. The van der Waals surface area contributed by atoms with Crippen molar-refractivity contribution in [3.05, 3.63) is 34.1 Å². The van der Waals surface area contributed by atoms with Crippen molar-refractivity contribution in [3.63, 3.8) is 0 Å². The molecule has 1 amide bonds. The standard InChI is InChI=1S/C15H17BrFNO2/c16-11-6-5-10(9-12(11)17)15(19)18-7-1-3-13(18)14-4-2-8-20-14/h5-6,9,13-14H,1-4,7-8H2/t13-,14+/m1/s1. The Balaban J connectivity index is 1.79. The molecule has 0 spiro atoms. The Bertz CT molecular complexity index is 517. The minimum Gasteiger partial charge on any atom is -0.376 e. The first kappa shape index (κ1) is 14.0. The number of likely N-dealkylation sites (tertiary alicyclic amines) is 1. The van der Waals surface area contributed by atoms with Gasteiger partial charge in [-0.25, -0.2) is 4.39 Å². The summed E-state index contributed by atoms with van der Waals surface area (Å²) in [6.07, 6.45) is 4.21. The predicted octanol–water partition coefficient (Wildman–Crippen LogP) is 3.37. The van der Waals surface area contributed by atoms with Gasteiger partial charge in [0.2, 0.25) is 0 Å². The summed E-state index contributed by atoms with van der Waals surface area (Å²) in [5.74, 6) is -0.488. The van der Waals surface area contributed by atoms with E-state index in [0.717, 1.165) is 38.8 Å². The highest BCUT2D eigenvalue weighted by atomic mass is 79.9. The van der Waals surface area contributed by atoms with Gasteiger partial charge >= 0.3 is 0 Å². The Morgan fingerprint density at radius 3 is 2.90 bits per heavy atom. The van der Waals surface area contributed by atoms with Crippen molar-refractivity contribution >= 4 is 21.8 Å². The van der Waals surface area contributed by atoms with E-state index in [1.54, 1.807) is 12.1 Å². The Morgan fingerprint density at radius 1 is 1.35 bits per heavy atom. The zero-order chi connectivity index (χ0) is 14.1. The fourth-order valence-corrected chi connectivity index (χ4v) is 3.38. The molecule has 1 aromatic rings. The number of hydrogen-bond acceptors (Lipinski definition) is 2. The van der Waals surface area contributed by atoms with E-state index in [9.17, 15) is 9.18 Å². The summed E-state index contributed by atoms with van der Waals surface area (Å²) in [6, 6.07) is 4.70. The minimum absolute atomic E-state index is 0.0885. The molecule has 0 N–H and O–H groups in total. The van der Waals surface area contributed by atoms with Gasteiger partial charge in [0.25, 0.3) is 5.91 Å². The topological polar surface area (TPSA) is 29.5 Å². The molecule has 108 valence electrons. The molecule has 20 heavy (non-hydrogen) atoms. The smallest absolute Gasteiger partial charge is 0.254 e. The summed E-state index contributed by atoms with van der Waals surface area (Å²) in [4.78, 5) is 14.4. The van der Waals surface area contributed by atoms with Crippen LogP contribution in [0.5, 0.6) is 0 Å². The van der Waals surface area contributed by atoms with Crippen molar-refractivity contribution in [1.29, 1.82) is 0 Å². The molecule has 3 nitrogen and oxygen atoms in total. The van der Waals surface area contributed by atoms with Gasteiger partial charge in [0, 0.05) is 18.7 Å². The Kier molecular flexibility index (Phi) is 4.08. The average Bonchev–Trinajstić information content (AvgIpc) is 3.10. The molecule has 0 unspecified atom stereocenters. The molecule has 0 radical (unpaired) electrons. The number of benzene rings is 1. The van der Waals surface area contributed by atoms with E-state index >= 15 is 0 Å². The molecule has 0 aliphatic carbocycles. The van der Waals surface area contributed by atoms with E-state index < -0.39 is 5.82 Å². The lowest BCUT2D eigenvalue weighted by Crippen LogP contribution is -2.42. The number of rotatable bonds is 2. The quantitative estimate of drug-likeness (QED) is 0.825. The lowest BCUT2D eigenvalue weighted by atomic mass is 10.0. The summed E-state index contributed by atoms with van der Waals surface area (Å²) < 4.78 is 19.7. The number of hydrogen-bond donors (Lipinski definition) is 0. The molecule has 0 bridgehead atoms. The second-order valence-corrected chi connectivity index (χ2v) is 6.24. The third kappa shape index (κ3) is 2.61. The maximum atomic E-state index is 13.6. The molecule has 2 aliphatic heterocycles. The van der Waals surface area contributed by atoms with Gasteiger partial charge < -0.3 is 9.64 Å². The van der Waals surface area contributed by atoms with Gasteiger partial charge in [-0.1, -0.05) is 0 Å². The van der Waals surface area contributed by atoms with Crippen LogP contribution in [-0.2, 0) is 4.74 Å². The van der Waals surface area contributed by atoms with Crippen LogP contribution in [0, 0.1) is 5.82 Å². The van der Waals surface area contributed by atoms with Crippen LogP contribution in [0.2, 0.25) is 0 Å². The van der Waals surface area contributed by atoms with Gasteiger partial charge in [0.1, 0.15) is 5.82 Å². The van der Waals surface area contributed by atoms with Crippen molar-refractivity contribution in [1.82, 2.24) is 4.90 Å². The number of carbonyl (C=O) groups excluding carboxylic acids is 1. The maximum Gasteiger partial charge on any atom is 0.254 e. The average molecular weight is 342 g/mol. The van der Waals surface area contributed by atoms with E-state index in [4.69, 9.17) is 4.74 Å². The molecule has 0 aromatic heterocycles. The van der Waals surface area contributed by atoms with Crippen LogP contribution in [-0.4, -0.2) is 36.1 Å². The highest BCUT2D eigenvalue weighted by Crippen LogP contribution is 2.29. The van der Waals surface area contributed by atoms with Gasteiger partial charge in [-0.05, 0) is 59.8 Å². The second-order valence-electron chi connectivity index (χ2n) is 5.39. The van der Waals surface area contributed by atoms with Gasteiger partial charge in [0.15, 0.2) is 0 Å². The largest absolute Gasteiger partial charge is 0.376 e. The Morgan fingerprint density at radius 2 is 2.20 bits per heavy atom. The van der Waals surface area contributed by atoms with Crippen LogP contribution in [0.25, 0.3) is 0 Å². The summed E-state index contributed by atoms with van der Waals surface area (Å²) in [7, 11) is 0. The first-order chi connectivity index (χ1) is 9.66. The van der Waals surface area contributed by atoms with Crippen LogP contribution in [0.15, 0.2) is 22.7 Å². The van der Waals surface area contributed by atoms with E-state index in [1.165, 1.54) is 6.07 Å². The van der Waals surface area contributed by atoms with Gasteiger partial charge in [-0.15, -0.1) is 0 Å². The molecule has 0 saturated carbocycles. The minimum atomic E-state index is -0.399. The first-order valence-electron chi connectivity index (χ1n) is 7.04. The fraction of sp³-hybridized carbons (Fsp3) is 0.533. The van der Waals surface area contributed by atoms with Crippen LogP contribution < -0.4 is 0 Å². The number of carbonyl (C=O) groups is 1. The molecule has 2 fully saturated rings. The van der Waals surface area contributed by atoms with Crippen molar-refractivity contribution in [2.24, 2.45) is 0 Å². The van der Waals surface area contributed by atoms with Gasteiger partial charge in [-0.3, -0.25) is 4.79 Å². The van der Waals surface area contributed by atoms with Gasteiger partial charge in [0.05, 0.1) is 16.6 Å². The van der Waals surface area contributed by atoms with Crippen LogP contribution >= 0.6 is 15.9 Å². The van der Waals surface area contributed by atoms with E-state index in [-0.39, 0.29) is 18.1 Å². The maximum absolute atomic E-state index is 13.6. The Labute approximate surface area is 126 Å². The third-order valence-electron chi connectivity index (χ3n) is 4.12. The van der Waals surface area contributed by atoms with Crippen molar-refractivity contribution in [2.45, 2.75) is 37.8 Å². The summed E-state index contributed by atoms with van der Waals surface area (Å²) in [5.41, 5.74) is 0.413. The van der Waals surface area contributed by atoms with Crippen molar-refractivity contribution in [3.8, 4) is 0 Å². The second kappa shape index (κ2) is 5.82.